The largest absolute Gasteiger partial charge is 0.310 e. The molecule has 7 nitrogen and oxygen atoms in total. The first kappa shape index (κ1) is 19.4. The molecule has 2 aliphatic rings. The summed E-state index contributed by atoms with van der Waals surface area (Å²) in [5.41, 5.74) is 0.782. The number of sulfone groups is 1. The Morgan fingerprint density at radius 2 is 2.04 bits per heavy atom. The molecule has 8 heteroatoms. The molecule has 1 N–H and O–H groups in total. The van der Waals surface area contributed by atoms with Crippen LogP contribution in [-0.2, 0) is 14.6 Å². The average molecular weight is 383 g/mol. The SMILES string of the molecule is CCN(CC(=O)Nc1cc(C)nn1[C@H]1CCS(=O)(=O)C1)C1CCCCC1. The maximum atomic E-state index is 12.6. The lowest BCUT2D eigenvalue weighted by molar-refractivity contribution is -0.118. The Balaban J connectivity index is 1.65. The van der Waals surface area contributed by atoms with Crippen LogP contribution in [0.25, 0.3) is 0 Å². The predicted octanol–water partition coefficient (Wildman–Crippen LogP) is 2.14. The van der Waals surface area contributed by atoms with Crippen molar-refractivity contribution in [1.82, 2.24) is 14.7 Å². The Kier molecular flexibility index (Phi) is 6.02. The normalized spacial score (nSPS) is 23.4. The lowest BCUT2D eigenvalue weighted by atomic mass is 9.94. The van der Waals surface area contributed by atoms with Crippen molar-refractivity contribution < 1.29 is 13.2 Å². The minimum atomic E-state index is -3.00. The second-order valence-electron chi connectivity index (χ2n) is 7.58. The molecule has 1 aromatic rings. The van der Waals surface area contributed by atoms with Crippen molar-refractivity contribution >= 4 is 21.6 Å². The van der Waals surface area contributed by atoms with Gasteiger partial charge in [-0.1, -0.05) is 26.2 Å². The molecule has 146 valence electrons. The Morgan fingerprint density at radius 3 is 2.65 bits per heavy atom. The highest BCUT2D eigenvalue weighted by molar-refractivity contribution is 7.91. The summed E-state index contributed by atoms with van der Waals surface area (Å²) < 4.78 is 25.2. The monoisotopic (exact) mass is 382 g/mol. The van der Waals surface area contributed by atoms with E-state index in [9.17, 15) is 13.2 Å². The molecule has 0 aromatic carbocycles. The first-order chi connectivity index (χ1) is 12.4. The zero-order valence-electron chi connectivity index (χ0n) is 15.8. The van der Waals surface area contributed by atoms with Crippen LogP contribution < -0.4 is 5.32 Å². The first-order valence-electron chi connectivity index (χ1n) is 9.68. The van der Waals surface area contributed by atoms with Crippen molar-refractivity contribution in [2.45, 2.75) is 64.5 Å². The summed E-state index contributed by atoms with van der Waals surface area (Å²) in [4.78, 5) is 14.9. The number of hydrogen-bond acceptors (Lipinski definition) is 5. The molecule has 0 spiro atoms. The molecule has 1 saturated carbocycles. The van der Waals surface area contributed by atoms with Crippen LogP contribution in [0.3, 0.4) is 0 Å². The number of carbonyl (C=O) groups excluding carboxylic acids is 1. The van der Waals surface area contributed by atoms with Gasteiger partial charge in [0.1, 0.15) is 5.82 Å². The van der Waals surface area contributed by atoms with Crippen molar-refractivity contribution in [3.05, 3.63) is 11.8 Å². The number of nitrogens with zero attached hydrogens (tertiary/aromatic N) is 3. The van der Waals surface area contributed by atoms with Crippen LogP contribution >= 0.6 is 0 Å². The van der Waals surface area contributed by atoms with Gasteiger partial charge in [0.15, 0.2) is 9.84 Å². The van der Waals surface area contributed by atoms with Crippen molar-refractivity contribution in [2.24, 2.45) is 0 Å². The highest BCUT2D eigenvalue weighted by Crippen LogP contribution is 2.27. The quantitative estimate of drug-likeness (QED) is 0.815. The molecule has 2 fully saturated rings. The number of aromatic nitrogens is 2. The third-order valence-electron chi connectivity index (χ3n) is 5.52. The van der Waals surface area contributed by atoms with E-state index in [0.717, 1.165) is 25.1 Å². The van der Waals surface area contributed by atoms with Crippen molar-refractivity contribution in [2.75, 3.05) is 29.9 Å². The molecule has 2 heterocycles. The molecule has 3 rings (SSSR count). The molecule has 1 saturated heterocycles. The summed E-state index contributed by atoms with van der Waals surface area (Å²) >= 11 is 0. The molecule has 1 aliphatic carbocycles. The van der Waals surface area contributed by atoms with E-state index in [2.05, 4.69) is 22.2 Å². The van der Waals surface area contributed by atoms with Crippen LogP contribution in [-0.4, -0.2) is 59.6 Å². The van der Waals surface area contributed by atoms with Crippen LogP contribution in [0.1, 0.15) is 57.2 Å². The van der Waals surface area contributed by atoms with Gasteiger partial charge in [0, 0.05) is 12.1 Å². The number of aryl methyl sites for hydroxylation is 1. The Bertz CT molecular complexity index is 738. The maximum absolute atomic E-state index is 12.6. The number of anilines is 1. The minimum absolute atomic E-state index is 0.0561. The van der Waals surface area contributed by atoms with E-state index in [4.69, 9.17) is 0 Å². The van der Waals surface area contributed by atoms with Gasteiger partial charge in [-0.15, -0.1) is 0 Å². The lowest BCUT2D eigenvalue weighted by Gasteiger charge is -2.32. The van der Waals surface area contributed by atoms with Crippen molar-refractivity contribution in [3.8, 4) is 0 Å². The summed E-state index contributed by atoms with van der Waals surface area (Å²) in [6, 6.07) is 2.12. The minimum Gasteiger partial charge on any atom is -0.310 e. The second kappa shape index (κ2) is 8.08. The third kappa shape index (κ3) is 4.65. The maximum Gasteiger partial charge on any atom is 0.239 e. The highest BCUT2D eigenvalue weighted by atomic mass is 32.2. The molecule has 0 bridgehead atoms. The smallest absolute Gasteiger partial charge is 0.239 e. The van der Waals surface area contributed by atoms with E-state index in [1.54, 1.807) is 4.68 Å². The fraction of sp³-hybridized carbons (Fsp3) is 0.778. The Hall–Kier alpha value is -1.41. The highest BCUT2D eigenvalue weighted by Gasteiger charge is 2.31. The van der Waals surface area contributed by atoms with Gasteiger partial charge >= 0.3 is 0 Å². The number of carbonyl (C=O) groups is 1. The van der Waals surface area contributed by atoms with Crippen LogP contribution in [0.4, 0.5) is 5.82 Å². The number of nitrogens with one attached hydrogen (secondary N) is 1. The van der Waals surface area contributed by atoms with Gasteiger partial charge in [-0.2, -0.15) is 5.10 Å². The molecular weight excluding hydrogens is 352 g/mol. The zero-order chi connectivity index (χ0) is 18.7. The van der Waals surface area contributed by atoms with E-state index < -0.39 is 9.84 Å². The molecule has 1 aliphatic heterocycles. The summed E-state index contributed by atoms with van der Waals surface area (Å²) in [7, 11) is -3.00. The summed E-state index contributed by atoms with van der Waals surface area (Å²) in [6.45, 7) is 5.18. The van der Waals surface area contributed by atoms with Gasteiger partial charge in [-0.05, 0) is 32.7 Å². The number of amides is 1. The molecule has 1 aromatic heterocycles. The van der Waals surface area contributed by atoms with Crippen LogP contribution in [0.15, 0.2) is 6.07 Å². The summed E-state index contributed by atoms with van der Waals surface area (Å²) in [5, 5.41) is 7.39. The van der Waals surface area contributed by atoms with Crippen LogP contribution in [0.2, 0.25) is 0 Å². The van der Waals surface area contributed by atoms with E-state index in [-0.39, 0.29) is 23.5 Å². The summed E-state index contributed by atoms with van der Waals surface area (Å²) in [6.07, 6.45) is 6.66. The van der Waals surface area contributed by atoms with E-state index in [1.807, 2.05) is 13.0 Å². The second-order valence-corrected chi connectivity index (χ2v) is 9.80. The molecule has 1 atom stereocenters. The van der Waals surface area contributed by atoms with Gasteiger partial charge in [0.2, 0.25) is 5.91 Å². The van der Waals surface area contributed by atoms with Gasteiger partial charge in [-0.25, -0.2) is 13.1 Å². The zero-order valence-corrected chi connectivity index (χ0v) is 16.6. The predicted molar refractivity (Wildman–Crippen MR) is 102 cm³/mol. The van der Waals surface area contributed by atoms with Gasteiger partial charge in [0.25, 0.3) is 0 Å². The molecular formula is C18H30N4O3S. The standard InChI is InChI=1S/C18H30N4O3S/c1-3-21(15-7-5-4-6-8-15)12-18(23)19-17-11-14(2)20-22(17)16-9-10-26(24,25)13-16/h11,15-16H,3-10,12-13H2,1-2H3,(H,19,23)/t16-/m0/s1. The lowest BCUT2D eigenvalue weighted by Crippen LogP contribution is -2.42. The summed E-state index contributed by atoms with van der Waals surface area (Å²) in [5.74, 6) is 0.837. The molecule has 1 amide bonds. The number of likely N-dealkylation sites (N-methyl/N-ethyl adjacent to an activating group) is 1. The fourth-order valence-electron chi connectivity index (χ4n) is 4.17. The number of hydrogen-bond donors (Lipinski definition) is 1. The van der Waals surface area contributed by atoms with Crippen molar-refractivity contribution in [1.29, 1.82) is 0 Å². The van der Waals surface area contributed by atoms with Crippen LogP contribution in [0, 0.1) is 6.92 Å². The topological polar surface area (TPSA) is 84.3 Å². The van der Waals surface area contributed by atoms with E-state index in [0.29, 0.717) is 24.8 Å². The van der Waals surface area contributed by atoms with Gasteiger partial charge in [-0.3, -0.25) is 9.69 Å². The molecule has 0 unspecified atom stereocenters. The fourth-order valence-corrected chi connectivity index (χ4v) is 5.86. The van der Waals surface area contributed by atoms with E-state index in [1.165, 1.54) is 19.3 Å². The first-order valence-corrected chi connectivity index (χ1v) is 11.5. The number of rotatable bonds is 6. The Labute approximate surface area is 156 Å². The average Bonchev–Trinajstić information content (AvgIpc) is 3.15. The van der Waals surface area contributed by atoms with Crippen LogP contribution in [0.5, 0.6) is 0 Å². The Morgan fingerprint density at radius 1 is 1.31 bits per heavy atom. The molecule has 0 radical (unpaired) electrons. The third-order valence-corrected chi connectivity index (χ3v) is 7.27. The van der Waals surface area contributed by atoms with E-state index >= 15 is 0 Å². The van der Waals surface area contributed by atoms with Crippen molar-refractivity contribution in [3.63, 3.8) is 0 Å². The molecule has 26 heavy (non-hydrogen) atoms. The van der Waals surface area contributed by atoms with Gasteiger partial charge in [0.05, 0.1) is 29.8 Å². The van der Waals surface area contributed by atoms with Gasteiger partial charge < -0.3 is 5.32 Å².